The monoisotopic (exact) mass is 568 g/mol. The van der Waals surface area contributed by atoms with Crippen LogP contribution in [0, 0.1) is 11.8 Å². The van der Waals surface area contributed by atoms with Crippen molar-refractivity contribution in [1.82, 2.24) is 0 Å². The van der Waals surface area contributed by atoms with E-state index < -0.39 is 0 Å². The van der Waals surface area contributed by atoms with E-state index in [1.807, 2.05) is 0 Å². The van der Waals surface area contributed by atoms with Gasteiger partial charge in [-0.15, -0.1) is 0 Å². The Balaban J connectivity index is 1.14. The smallest absolute Gasteiger partial charge is 0.0460 e. The van der Waals surface area contributed by atoms with Crippen LogP contribution < -0.4 is 9.80 Å². The van der Waals surface area contributed by atoms with Crippen LogP contribution in [0.1, 0.15) is 29.9 Å². The van der Waals surface area contributed by atoms with Gasteiger partial charge in [0.2, 0.25) is 0 Å². The number of allylic oxidation sites excluding steroid dienone is 8. The van der Waals surface area contributed by atoms with Gasteiger partial charge in [0.15, 0.2) is 0 Å². The Hall–Kier alpha value is -5.08. The largest absolute Gasteiger partial charge is 0.345 e. The van der Waals surface area contributed by atoms with Crippen LogP contribution in [-0.2, 0) is 0 Å². The Morgan fingerprint density at radius 1 is 0.591 bits per heavy atom. The summed E-state index contributed by atoms with van der Waals surface area (Å²) in [5.41, 5.74) is 10.3. The minimum absolute atomic E-state index is 0.450. The predicted molar refractivity (Wildman–Crippen MR) is 187 cm³/mol. The molecule has 0 radical (unpaired) electrons. The second kappa shape index (κ2) is 11.2. The highest BCUT2D eigenvalue weighted by atomic mass is 15.2. The molecule has 1 fully saturated rings. The molecule has 0 heterocycles. The van der Waals surface area contributed by atoms with E-state index in [2.05, 4.69) is 175 Å². The van der Waals surface area contributed by atoms with Crippen LogP contribution in [0.15, 0.2) is 163 Å². The van der Waals surface area contributed by atoms with Crippen LogP contribution >= 0.6 is 0 Å². The molecule has 3 unspecified atom stereocenters. The average Bonchev–Trinajstić information content (AvgIpc) is 3.91. The Labute approximate surface area is 260 Å². The summed E-state index contributed by atoms with van der Waals surface area (Å²) >= 11 is 0. The molecule has 0 spiro atoms. The van der Waals surface area contributed by atoms with Crippen LogP contribution in [0.4, 0.5) is 22.7 Å². The second-order valence-electron chi connectivity index (χ2n) is 12.2. The molecule has 0 aliphatic heterocycles. The Morgan fingerprint density at radius 3 is 2.02 bits per heavy atom. The van der Waals surface area contributed by atoms with Gasteiger partial charge < -0.3 is 9.80 Å². The summed E-state index contributed by atoms with van der Waals surface area (Å²) in [5, 5.41) is 2.52. The zero-order valence-corrected chi connectivity index (χ0v) is 25.1. The second-order valence-corrected chi connectivity index (χ2v) is 12.2. The molecule has 5 aromatic carbocycles. The quantitative estimate of drug-likeness (QED) is 0.193. The number of hydrogen-bond donors (Lipinski definition) is 0. The minimum Gasteiger partial charge on any atom is -0.345 e. The van der Waals surface area contributed by atoms with Crippen molar-refractivity contribution in [1.29, 1.82) is 0 Å². The zero-order valence-electron chi connectivity index (χ0n) is 25.1. The van der Waals surface area contributed by atoms with E-state index in [4.69, 9.17) is 0 Å². The molecule has 0 aromatic heterocycles. The molecule has 3 atom stereocenters. The summed E-state index contributed by atoms with van der Waals surface area (Å²) in [6.45, 7) is 0. The van der Waals surface area contributed by atoms with Crippen molar-refractivity contribution in [2.75, 3.05) is 16.8 Å². The summed E-state index contributed by atoms with van der Waals surface area (Å²) in [6, 6.07) is 44.4. The Bertz CT molecular complexity index is 1930. The molecule has 3 aliphatic rings. The minimum atomic E-state index is 0.450. The molecule has 214 valence electrons. The number of anilines is 4. The lowest BCUT2D eigenvalue weighted by molar-refractivity contribution is 0.851. The van der Waals surface area contributed by atoms with Gasteiger partial charge in [0, 0.05) is 47.3 Å². The van der Waals surface area contributed by atoms with Gasteiger partial charge in [0.1, 0.15) is 0 Å². The van der Waals surface area contributed by atoms with E-state index in [-0.39, 0.29) is 0 Å². The molecule has 0 N–H and O–H groups in total. The summed E-state index contributed by atoms with van der Waals surface area (Å²) in [5.74, 6) is 1.56. The van der Waals surface area contributed by atoms with E-state index in [0.717, 1.165) is 6.42 Å². The van der Waals surface area contributed by atoms with E-state index in [1.54, 1.807) is 0 Å². The van der Waals surface area contributed by atoms with Crippen LogP contribution in [-0.4, -0.2) is 7.05 Å². The first-order valence-electron chi connectivity index (χ1n) is 15.8. The summed E-state index contributed by atoms with van der Waals surface area (Å²) in [7, 11) is 2.15. The van der Waals surface area contributed by atoms with Gasteiger partial charge in [-0.05, 0) is 101 Å². The van der Waals surface area contributed by atoms with Gasteiger partial charge in [-0.1, -0.05) is 103 Å². The first-order chi connectivity index (χ1) is 21.7. The lowest BCUT2D eigenvalue weighted by Gasteiger charge is -2.31. The third-order valence-electron chi connectivity index (χ3n) is 9.54. The number of benzene rings is 5. The van der Waals surface area contributed by atoms with E-state index in [9.17, 15) is 0 Å². The van der Waals surface area contributed by atoms with Crippen LogP contribution in [0.5, 0.6) is 0 Å². The molecule has 1 saturated carbocycles. The normalized spacial score (nSPS) is 20.1. The third kappa shape index (κ3) is 4.97. The molecule has 0 bridgehead atoms. The van der Waals surface area contributed by atoms with E-state index >= 15 is 0 Å². The maximum atomic E-state index is 2.49. The fourth-order valence-corrected chi connectivity index (χ4v) is 6.97. The van der Waals surface area contributed by atoms with Crippen molar-refractivity contribution < 1.29 is 0 Å². The first kappa shape index (κ1) is 26.5. The van der Waals surface area contributed by atoms with Crippen molar-refractivity contribution in [3.63, 3.8) is 0 Å². The standard InChI is InChI=1S/C42H36N2/c1-43(38-21-18-31-12-8-9-15-34(31)28-38)35-22-24-37(25-23-35)44(36-19-16-32(17-20-36)30-10-4-2-5-11-30)42-27-26-39(40-29-41(40)42)33-13-6-3-7-14-33/h2-10,12-28,30,40-41H,11,29H2,1H3. The highest BCUT2D eigenvalue weighted by Gasteiger charge is 2.46. The number of hydrogen-bond acceptors (Lipinski definition) is 2. The maximum absolute atomic E-state index is 2.49. The van der Waals surface area contributed by atoms with Crippen molar-refractivity contribution in [2.24, 2.45) is 11.8 Å². The fourth-order valence-electron chi connectivity index (χ4n) is 6.97. The number of fused-ring (bicyclic) bond motifs is 2. The lowest BCUT2D eigenvalue weighted by Crippen LogP contribution is -2.20. The molecule has 8 rings (SSSR count). The number of nitrogens with zero attached hydrogens (tertiary/aromatic N) is 2. The average molecular weight is 569 g/mol. The van der Waals surface area contributed by atoms with E-state index in [1.165, 1.54) is 62.3 Å². The van der Waals surface area contributed by atoms with Gasteiger partial charge in [-0.2, -0.15) is 0 Å². The lowest BCUT2D eigenvalue weighted by atomic mass is 9.92. The molecule has 5 aromatic rings. The summed E-state index contributed by atoms with van der Waals surface area (Å²) in [4.78, 5) is 4.76. The van der Waals surface area contributed by atoms with Crippen molar-refractivity contribution in [2.45, 2.75) is 18.8 Å². The molecular weight excluding hydrogens is 532 g/mol. The highest BCUT2D eigenvalue weighted by Crippen LogP contribution is 2.56. The Kier molecular flexibility index (Phi) is 6.76. The molecule has 3 aliphatic carbocycles. The predicted octanol–water partition coefficient (Wildman–Crippen LogP) is 11.0. The molecule has 0 amide bonds. The molecule has 0 saturated heterocycles. The summed E-state index contributed by atoms with van der Waals surface area (Å²) < 4.78 is 0. The molecule has 44 heavy (non-hydrogen) atoms. The molecule has 2 heteroatoms. The van der Waals surface area contributed by atoms with E-state index in [0.29, 0.717) is 17.8 Å². The van der Waals surface area contributed by atoms with Crippen LogP contribution in [0.25, 0.3) is 16.3 Å². The SMILES string of the molecule is CN(c1ccc(N(C2=CC=C(c3ccccc3)C3CC23)c2ccc(C3C=CC=CC3)cc2)cc1)c1ccc2ccccc2c1. The van der Waals surface area contributed by atoms with Crippen LogP contribution in [0.2, 0.25) is 0 Å². The highest BCUT2D eigenvalue weighted by molar-refractivity contribution is 5.87. The van der Waals surface area contributed by atoms with Crippen molar-refractivity contribution in [3.05, 3.63) is 175 Å². The first-order valence-corrected chi connectivity index (χ1v) is 15.8. The van der Waals surface area contributed by atoms with Gasteiger partial charge >= 0.3 is 0 Å². The maximum Gasteiger partial charge on any atom is 0.0460 e. The van der Waals surface area contributed by atoms with Crippen molar-refractivity contribution >= 4 is 39.1 Å². The topological polar surface area (TPSA) is 6.48 Å². The van der Waals surface area contributed by atoms with Gasteiger partial charge in [-0.25, -0.2) is 0 Å². The zero-order chi connectivity index (χ0) is 29.5. The summed E-state index contributed by atoms with van der Waals surface area (Å²) in [6.07, 6.45) is 15.9. The third-order valence-corrected chi connectivity index (χ3v) is 9.54. The number of rotatable bonds is 7. The van der Waals surface area contributed by atoms with Gasteiger partial charge in [-0.3, -0.25) is 0 Å². The Morgan fingerprint density at radius 2 is 1.27 bits per heavy atom. The van der Waals surface area contributed by atoms with Crippen LogP contribution in [0.3, 0.4) is 0 Å². The molecule has 2 nitrogen and oxygen atoms in total. The van der Waals surface area contributed by atoms with Crippen molar-refractivity contribution in [3.8, 4) is 0 Å². The fraction of sp³-hybridized carbons (Fsp3) is 0.143. The van der Waals surface area contributed by atoms with Gasteiger partial charge in [0.05, 0.1) is 0 Å². The van der Waals surface area contributed by atoms with Gasteiger partial charge in [0.25, 0.3) is 0 Å². The molecular formula is C42H36N2.